The second-order valence-corrected chi connectivity index (χ2v) is 4.67. The van der Waals surface area contributed by atoms with Gasteiger partial charge in [0, 0.05) is 11.1 Å². The smallest absolute Gasteiger partial charge is 0.243 e. The van der Waals surface area contributed by atoms with Gasteiger partial charge in [0.2, 0.25) is 5.88 Å². The third-order valence-electron chi connectivity index (χ3n) is 1.94. The van der Waals surface area contributed by atoms with Gasteiger partial charge < -0.3 is 10.8 Å². The summed E-state index contributed by atoms with van der Waals surface area (Å²) in [6.07, 6.45) is 1.48. The first-order valence-electron chi connectivity index (χ1n) is 4.69. The van der Waals surface area contributed by atoms with Gasteiger partial charge >= 0.3 is 0 Å². The molecule has 2 heterocycles. The van der Waals surface area contributed by atoms with E-state index in [0.29, 0.717) is 4.88 Å². The van der Waals surface area contributed by atoms with Crippen LogP contribution in [0.5, 0.6) is 5.88 Å². The molecule has 6 nitrogen and oxygen atoms in total. The zero-order chi connectivity index (χ0) is 13.1. The Morgan fingerprint density at radius 1 is 1.50 bits per heavy atom. The summed E-state index contributed by atoms with van der Waals surface area (Å²) in [7, 11) is 0. The van der Waals surface area contributed by atoms with Gasteiger partial charge in [-0.2, -0.15) is 10.2 Å². The lowest BCUT2D eigenvalue weighted by Crippen LogP contribution is -1.94. The minimum Gasteiger partial charge on any atom is -0.492 e. The molecule has 2 aromatic heterocycles. The Labute approximate surface area is 112 Å². The molecule has 0 amide bonds. The van der Waals surface area contributed by atoms with Crippen LogP contribution in [0.3, 0.4) is 0 Å². The minimum atomic E-state index is -0.333. The Bertz CT molecular complexity index is 636. The van der Waals surface area contributed by atoms with E-state index in [1.165, 1.54) is 17.6 Å². The van der Waals surface area contributed by atoms with Crippen LogP contribution in [0.2, 0.25) is 0 Å². The van der Waals surface area contributed by atoms with Crippen molar-refractivity contribution < 1.29 is 5.11 Å². The maximum absolute atomic E-state index is 9.56. The van der Waals surface area contributed by atoms with Crippen molar-refractivity contribution in [3.63, 3.8) is 0 Å². The normalized spacial score (nSPS) is 10.7. The van der Waals surface area contributed by atoms with Crippen LogP contribution in [0.15, 0.2) is 22.3 Å². The summed E-state index contributed by atoms with van der Waals surface area (Å²) in [4.78, 5) is 12.8. The summed E-state index contributed by atoms with van der Waals surface area (Å²) in [6, 6.07) is 5.45. The van der Waals surface area contributed by atoms with Crippen molar-refractivity contribution in [3.05, 3.63) is 21.9 Å². The number of thiophene rings is 1. The molecule has 2 aromatic rings. The number of aliphatic imine (C=N–C) groups is 1. The molecule has 0 saturated carbocycles. The van der Waals surface area contributed by atoms with E-state index in [2.05, 4.69) is 27.6 Å². The SMILES string of the molecule is N#Cc1ccc(/C=N/c2c(N)nc(S)nc2O)s1. The first-order valence-corrected chi connectivity index (χ1v) is 5.96. The first kappa shape index (κ1) is 12.3. The number of hydrogen-bond acceptors (Lipinski definition) is 8. The van der Waals surface area contributed by atoms with Gasteiger partial charge in [0.1, 0.15) is 10.9 Å². The lowest BCUT2D eigenvalue weighted by atomic mass is 10.4. The summed E-state index contributed by atoms with van der Waals surface area (Å²) in [5, 5.41) is 18.3. The van der Waals surface area contributed by atoms with Gasteiger partial charge in [-0.25, -0.2) is 9.98 Å². The molecule has 2 rings (SSSR count). The number of rotatable bonds is 2. The molecule has 0 atom stereocenters. The van der Waals surface area contributed by atoms with Gasteiger partial charge in [-0.1, -0.05) is 0 Å². The second kappa shape index (κ2) is 5.03. The van der Waals surface area contributed by atoms with Gasteiger partial charge in [0.25, 0.3) is 0 Å². The number of nitrogens with zero attached hydrogens (tertiary/aromatic N) is 4. The van der Waals surface area contributed by atoms with Crippen molar-refractivity contribution >= 4 is 41.7 Å². The number of aromatic hydroxyl groups is 1. The van der Waals surface area contributed by atoms with Crippen LogP contribution in [0.4, 0.5) is 11.5 Å². The summed E-state index contributed by atoms with van der Waals surface area (Å²) < 4.78 is 0. The molecule has 0 radical (unpaired) electrons. The number of nitrogen functional groups attached to an aromatic ring is 1. The Kier molecular flexibility index (Phi) is 3.45. The predicted octanol–water partition coefficient (Wildman–Crippen LogP) is 1.74. The summed E-state index contributed by atoms with van der Waals surface area (Å²) in [5.74, 6) is -0.290. The van der Waals surface area contributed by atoms with E-state index >= 15 is 0 Å². The highest BCUT2D eigenvalue weighted by atomic mass is 32.1. The van der Waals surface area contributed by atoms with Gasteiger partial charge in [-0.15, -0.1) is 24.0 Å². The molecule has 18 heavy (non-hydrogen) atoms. The molecule has 0 aliphatic carbocycles. The third-order valence-corrected chi connectivity index (χ3v) is 3.06. The molecule has 0 spiro atoms. The Morgan fingerprint density at radius 3 is 2.89 bits per heavy atom. The minimum absolute atomic E-state index is 0.0424. The van der Waals surface area contributed by atoms with E-state index in [1.54, 1.807) is 12.1 Å². The average molecular weight is 277 g/mol. The summed E-state index contributed by atoms with van der Waals surface area (Å²) >= 11 is 5.16. The fourth-order valence-electron chi connectivity index (χ4n) is 1.18. The highest BCUT2D eigenvalue weighted by molar-refractivity contribution is 7.80. The van der Waals surface area contributed by atoms with E-state index in [0.717, 1.165) is 4.88 Å². The van der Waals surface area contributed by atoms with Crippen LogP contribution >= 0.6 is 24.0 Å². The number of anilines is 1. The zero-order valence-electron chi connectivity index (χ0n) is 8.90. The van der Waals surface area contributed by atoms with E-state index in [9.17, 15) is 5.11 Å². The Morgan fingerprint density at radius 2 is 2.28 bits per heavy atom. The lowest BCUT2D eigenvalue weighted by molar-refractivity contribution is 0.448. The topological polar surface area (TPSA) is 108 Å². The molecule has 0 aliphatic heterocycles. The van der Waals surface area contributed by atoms with Crippen LogP contribution in [-0.2, 0) is 0 Å². The summed E-state index contributed by atoms with van der Waals surface area (Å²) in [6.45, 7) is 0. The van der Waals surface area contributed by atoms with Crippen molar-refractivity contribution in [3.8, 4) is 11.9 Å². The molecular weight excluding hydrogens is 270 g/mol. The van der Waals surface area contributed by atoms with Gasteiger partial charge in [-0.05, 0) is 12.1 Å². The Balaban J connectivity index is 2.32. The first-order chi connectivity index (χ1) is 8.60. The van der Waals surface area contributed by atoms with E-state index in [-0.39, 0.29) is 22.5 Å². The van der Waals surface area contributed by atoms with Crippen LogP contribution in [0, 0.1) is 11.3 Å². The van der Waals surface area contributed by atoms with Crippen LogP contribution in [0.1, 0.15) is 9.75 Å². The molecule has 3 N–H and O–H groups in total. The molecule has 0 aliphatic rings. The second-order valence-electron chi connectivity index (χ2n) is 3.15. The van der Waals surface area contributed by atoms with Crippen molar-refractivity contribution in [1.82, 2.24) is 9.97 Å². The van der Waals surface area contributed by atoms with E-state index < -0.39 is 0 Å². The fourth-order valence-corrected chi connectivity index (χ4v) is 2.06. The molecular formula is C10H7N5OS2. The molecule has 8 heteroatoms. The van der Waals surface area contributed by atoms with Crippen molar-refractivity contribution in [2.75, 3.05) is 5.73 Å². The standard InChI is InChI=1S/C10H7N5OS2/c11-3-5-1-2-6(18-5)4-13-7-8(12)14-10(17)15-9(7)16/h1-2,4H,(H4,12,14,15,16,17)/b13-4+. The van der Waals surface area contributed by atoms with E-state index in [1.807, 2.05) is 6.07 Å². The van der Waals surface area contributed by atoms with Gasteiger partial charge in [0.05, 0.1) is 0 Å². The van der Waals surface area contributed by atoms with Crippen molar-refractivity contribution in [2.45, 2.75) is 5.16 Å². The number of nitrogens with two attached hydrogens (primary N) is 1. The molecule has 0 fully saturated rings. The number of hydrogen-bond donors (Lipinski definition) is 3. The third kappa shape index (κ3) is 2.58. The molecule has 90 valence electrons. The van der Waals surface area contributed by atoms with Crippen LogP contribution < -0.4 is 5.73 Å². The number of nitriles is 1. The fraction of sp³-hybridized carbons (Fsp3) is 0. The quantitative estimate of drug-likeness (QED) is 0.440. The maximum atomic E-state index is 9.56. The Hall–Kier alpha value is -2.11. The average Bonchev–Trinajstić information content (AvgIpc) is 2.75. The molecule has 0 bridgehead atoms. The number of aromatic nitrogens is 2. The summed E-state index contributed by atoms with van der Waals surface area (Å²) in [5.41, 5.74) is 5.68. The van der Waals surface area contributed by atoms with Gasteiger partial charge in [0.15, 0.2) is 16.7 Å². The largest absolute Gasteiger partial charge is 0.492 e. The maximum Gasteiger partial charge on any atom is 0.243 e. The lowest BCUT2D eigenvalue weighted by Gasteiger charge is -2.01. The van der Waals surface area contributed by atoms with Crippen molar-refractivity contribution in [2.24, 2.45) is 4.99 Å². The highest BCUT2D eigenvalue weighted by Crippen LogP contribution is 2.30. The predicted molar refractivity (Wildman–Crippen MR) is 71.6 cm³/mol. The van der Waals surface area contributed by atoms with Crippen LogP contribution in [-0.4, -0.2) is 21.3 Å². The highest BCUT2D eigenvalue weighted by Gasteiger charge is 2.08. The molecule has 0 unspecified atom stereocenters. The van der Waals surface area contributed by atoms with Crippen molar-refractivity contribution in [1.29, 1.82) is 5.26 Å². The van der Waals surface area contributed by atoms with E-state index in [4.69, 9.17) is 11.0 Å². The molecule has 0 saturated heterocycles. The monoisotopic (exact) mass is 277 g/mol. The molecule has 0 aromatic carbocycles. The zero-order valence-corrected chi connectivity index (χ0v) is 10.6. The van der Waals surface area contributed by atoms with Gasteiger partial charge in [-0.3, -0.25) is 0 Å². The number of thiol groups is 1. The van der Waals surface area contributed by atoms with Crippen LogP contribution in [0.25, 0.3) is 0 Å².